The van der Waals surface area contributed by atoms with Crippen molar-refractivity contribution in [1.29, 1.82) is 0 Å². The van der Waals surface area contributed by atoms with E-state index < -0.39 is 0 Å². The second-order valence-corrected chi connectivity index (χ2v) is 6.61. The van der Waals surface area contributed by atoms with Gasteiger partial charge in [0.25, 0.3) is 0 Å². The number of hydrogen-bond donors (Lipinski definition) is 1. The van der Waals surface area contributed by atoms with Gasteiger partial charge < -0.3 is 10.1 Å². The standard InChI is InChI=1S/C17H25ClN2O/c1-2-19-17(13-4-3-5-14(18)10-13)8-9-20-11-15-6-7-16(12-20)21-15/h3-5,10,15-17,19H,2,6-9,11-12H2,1H3. The largest absolute Gasteiger partial charge is 0.372 e. The highest BCUT2D eigenvalue weighted by Gasteiger charge is 2.33. The molecule has 1 aromatic carbocycles. The maximum absolute atomic E-state index is 6.13. The van der Waals surface area contributed by atoms with Gasteiger partial charge in [0.1, 0.15) is 0 Å². The lowest BCUT2D eigenvalue weighted by Crippen LogP contribution is -2.43. The number of fused-ring (bicyclic) bond motifs is 2. The monoisotopic (exact) mass is 308 g/mol. The van der Waals surface area contributed by atoms with Gasteiger partial charge in [0.15, 0.2) is 0 Å². The van der Waals surface area contributed by atoms with E-state index in [0.717, 1.165) is 37.6 Å². The Bertz CT molecular complexity index is 456. The molecule has 1 N–H and O–H groups in total. The van der Waals surface area contributed by atoms with E-state index in [-0.39, 0.29) is 0 Å². The number of morpholine rings is 1. The number of nitrogens with zero attached hydrogens (tertiary/aromatic N) is 1. The van der Waals surface area contributed by atoms with E-state index in [0.29, 0.717) is 18.2 Å². The van der Waals surface area contributed by atoms with E-state index in [1.807, 2.05) is 12.1 Å². The van der Waals surface area contributed by atoms with Crippen molar-refractivity contribution in [1.82, 2.24) is 10.2 Å². The van der Waals surface area contributed by atoms with Crippen molar-refractivity contribution in [2.24, 2.45) is 0 Å². The number of halogens is 1. The molecule has 3 atom stereocenters. The average molecular weight is 309 g/mol. The number of likely N-dealkylation sites (tertiary alicyclic amines) is 1. The fourth-order valence-electron chi connectivity index (χ4n) is 3.55. The molecule has 2 aliphatic rings. The average Bonchev–Trinajstić information content (AvgIpc) is 2.82. The third kappa shape index (κ3) is 3.98. The summed E-state index contributed by atoms with van der Waals surface area (Å²) in [4.78, 5) is 2.57. The van der Waals surface area contributed by atoms with Gasteiger partial charge in [0.05, 0.1) is 12.2 Å². The van der Waals surface area contributed by atoms with E-state index in [9.17, 15) is 0 Å². The Morgan fingerprint density at radius 1 is 1.33 bits per heavy atom. The molecule has 0 saturated carbocycles. The lowest BCUT2D eigenvalue weighted by molar-refractivity contribution is -0.0390. The van der Waals surface area contributed by atoms with Crippen molar-refractivity contribution in [2.45, 2.75) is 44.4 Å². The smallest absolute Gasteiger partial charge is 0.0707 e. The molecule has 3 nitrogen and oxygen atoms in total. The SMILES string of the molecule is CCNC(CCN1CC2CCC(C1)O2)c1cccc(Cl)c1. The highest BCUT2D eigenvalue weighted by Crippen LogP contribution is 2.27. The van der Waals surface area contributed by atoms with Crippen LogP contribution in [-0.2, 0) is 4.74 Å². The lowest BCUT2D eigenvalue weighted by atomic mass is 10.0. The topological polar surface area (TPSA) is 24.5 Å². The van der Waals surface area contributed by atoms with Crippen LogP contribution in [0.5, 0.6) is 0 Å². The van der Waals surface area contributed by atoms with E-state index >= 15 is 0 Å². The zero-order valence-electron chi connectivity index (χ0n) is 12.7. The molecule has 116 valence electrons. The Balaban J connectivity index is 1.58. The highest BCUT2D eigenvalue weighted by atomic mass is 35.5. The Kier molecular flexibility index (Phi) is 5.17. The Labute approximate surface area is 132 Å². The second kappa shape index (κ2) is 7.10. The van der Waals surface area contributed by atoms with Crippen LogP contribution in [0.25, 0.3) is 0 Å². The number of benzene rings is 1. The van der Waals surface area contributed by atoms with E-state index in [4.69, 9.17) is 16.3 Å². The molecule has 4 heteroatoms. The van der Waals surface area contributed by atoms with Gasteiger partial charge in [-0.3, -0.25) is 4.90 Å². The minimum atomic E-state index is 0.384. The third-order valence-electron chi connectivity index (χ3n) is 4.55. The van der Waals surface area contributed by atoms with Crippen molar-refractivity contribution in [2.75, 3.05) is 26.2 Å². The molecule has 2 saturated heterocycles. The molecule has 2 fully saturated rings. The maximum Gasteiger partial charge on any atom is 0.0707 e. The van der Waals surface area contributed by atoms with Crippen LogP contribution in [0.1, 0.15) is 37.8 Å². The molecule has 21 heavy (non-hydrogen) atoms. The summed E-state index contributed by atoms with van der Waals surface area (Å²) in [5.41, 5.74) is 1.29. The predicted molar refractivity (Wildman–Crippen MR) is 86.8 cm³/mol. The molecule has 3 unspecified atom stereocenters. The van der Waals surface area contributed by atoms with Gasteiger partial charge in [0, 0.05) is 30.7 Å². The van der Waals surface area contributed by atoms with Crippen LogP contribution in [0.15, 0.2) is 24.3 Å². The molecule has 2 aliphatic heterocycles. The molecule has 2 bridgehead atoms. The van der Waals surface area contributed by atoms with Crippen LogP contribution in [0.4, 0.5) is 0 Å². The first kappa shape index (κ1) is 15.3. The van der Waals surface area contributed by atoms with Crippen LogP contribution in [0.3, 0.4) is 0 Å². The number of ether oxygens (including phenoxy) is 1. The van der Waals surface area contributed by atoms with Gasteiger partial charge in [-0.1, -0.05) is 30.7 Å². The summed E-state index contributed by atoms with van der Waals surface area (Å²) in [5, 5.41) is 4.41. The molecule has 0 radical (unpaired) electrons. The third-order valence-corrected chi connectivity index (χ3v) is 4.79. The summed E-state index contributed by atoms with van der Waals surface area (Å²) < 4.78 is 5.91. The first-order chi connectivity index (χ1) is 10.2. The molecule has 0 spiro atoms. The molecule has 0 amide bonds. The van der Waals surface area contributed by atoms with E-state index in [1.165, 1.54) is 18.4 Å². The summed E-state index contributed by atoms with van der Waals surface area (Å²) in [6.45, 7) is 6.47. The fraction of sp³-hybridized carbons (Fsp3) is 0.647. The van der Waals surface area contributed by atoms with Crippen LogP contribution >= 0.6 is 11.6 Å². The van der Waals surface area contributed by atoms with Gasteiger partial charge in [-0.05, 0) is 43.5 Å². The molecule has 2 heterocycles. The fourth-order valence-corrected chi connectivity index (χ4v) is 3.75. The van der Waals surface area contributed by atoms with Crippen molar-refractivity contribution >= 4 is 11.6 Å². The quantitative estimate of drug-likeness (QED) is 0.873. The summed E-state index contributed by atoms with van der Waals surface area (Å²) >= 11 is 6.13. The van der Waals surface area contributed by atoms with Crippen LogP contribution in [0.2, 0.25) is 5.02 Å². The molecular formula is C17H25ClN2O. The van der Waals surface area contributed by atoms with Gasteiger partial charge >= 0.3 is 0 Å². The Morgan fingerprint density at radius 3 is 2.76 bits per heavy atom. The molecule has 0 aliphatic carbocycles. The van der Waals surface area contributed by atoms with Crippen LogP contribution < -0.4 is 5.32 Å². The zero-order valence-corrected chi connectivity index (χ0v) is 13.5. The van der Waals surface area contributed by atoms with E-state index in [1.54, 1.807) is 0 Å². The summed E-state index contributed by atoms with van der Waals surface area (Å²) in [5.74, 6) is 0. The highest BCUT2D eigenvalue weighted by molar-refractivity contribution is 6.30. The van der Waals surface area contributed by atoms with Crippen LogP contribution in [0, 0.1) is 0 Å². The minimum Gasteiger partial charge on any atom is -0.372 e. The number of rotatable bonds is 6. The normalized spacial score (nSPS) is 27.0. The van der Waals surface area contributed by atoms with Crippen molar-refractivity contribution in [3.05, 3.63) is 34.9 Å². The number of hydrogen-bond acceptors (Lipinski definition) is 3. The molecule has 1 aromatic rings. The lowest BCUT2D eigenvalue weighted by Gasteiger charge is -2.33. The second-order valence-electron chi connectivity index (χ2n) is 6.17. The summed E-state index contributed by atoms with van der Waals surface area (Å²) in [6.07, 6.45) is 4.56. The Hall–Kier alpha value is -0.610. The van der Waals surface area contributed by atoms with Crippen molar-refractivity contribution in [3.8, 4) is 0 Å². The summed E-state index contributed by atoms with van der Waals surface area (Å²) in [7, 11) is 0. The Morgan fingerprint density at radius 2 is 2.10 bits per heavy atom. The van der Waals surface area contributed by atoms with Gasteiger partial charge in [-0.25, -0.2) is 0 Å². The summed E-state index contributed by atoms with van der Waals surface area (Å²) in [6, 6.07) is 8.61. The van der Waals surface area contributed by atoms with Gasteiger partial charge in [-0.15, -0.1) is 0 Å². The molecule has 3 rings (SSSR count). The minimum absolute atomic E-state index is 0.384. The molecular weight excluding hydrogens is 284 g/mol. The first-order valence-corrected chi connectivity index (χ1v) is 8.49. The first-order valence-electron chi connectivity index (χ1n) is 8.11. The van der Waals surface area contributed by atoms with Gasteiger partial charge in [-0.2, -0.15) is 0 Å². The van der Waals surface area contributed by atoms with Crippen LogP contribution in [-0.4, -0.2) is 43.3 Å². The van der Waals surface area contributed by atoms with Crippen molar-refractivity contribution in [3.63, 3.8) is 0 Å². The predicted octanol–water partition coefficient (Wildman–Crippen LogP) is 3.24. The van der Waals surface area contributed by atoms with Gasteiger partial charge in [0.2, 0.25) is 0 Å². The van der Waals surface area contributed by atoms with E-state index in [2.05, 4.69) is 29.3 Å². The molecule has 0 aromatic heterocycles. The number of nitrogens with one attached hydrogen (secondary N) is 1. The zero-order chi connectivity index (χ0) is 14.7. The van der Waals surface area contributed by atoms with Crippen molar-refractivity contribution < 1.29 is 4.74 Å². The maximum atomic E-state index is 6.13.